The Morgan fingerprint density at radius 3 is 2.41 bits per heavy atom. The van der Waals surface area contributed by atoms with Gasteiger partial charge in [0.05, 0.1) is 32.7 Å². The SMILES string of the molecule is CCCc1nc2nc[nH]n2c(=O)c1NC(=O)Nc1cc(OC)c(OC)c(OC)c1. The number of aryl methyl sites for hydroxylation is 1. The maximum Gasteiger partial charge on any atom is 0.323 e. The molecule has 0 radical (unpaired) electrons. The lowest BCUT2D eigenvalue weighted by Crippen LogP contribution is -2.28. The van der Waals surface area contributed by atoms with Crippen LogP contribution in [0.2, 0.25) is 0 Å². The number of ether oxygens (including phenoxy) is 3. The van der Waals surface area contributed by atoms with Crippen LogP contribution in [0.3, 0.4) is 0 Å². The molecule has 11 nitrogen and oxygen atoms in total. The van der Waals surface area contributed by atoms with E-state index in [0.717, 1.165) is 10.9 Å². The molecule has 154 valence electrons. The summed E-state index contributed by atoms with van der Waals surface area (Å²) in [5, 5.41) is 7.93. The molecule has 0 aliphatic rings. The summed E-state index contributed by atoms with van der Waals surface area (Å²) < 4.78 is 17.0. The third kappa shape index (κ3) is 3.93. The molecule has 2 aromatic heterocycles. The predicted molar refractivity (Wildman–Crippen MR) is 106 cm³/mol. The molecule has 0 spiro atoms. The largest absolute Gasteiger partial charge is 0.493 e. The van der Waals surface area contributed by atoms with Crippen molar-refractivity contribution in [3.05, 3.63) is 34.5 Å². The van der Waals surface area contributed by atoms with Crippen LogP contribution in [0.5, 0.6) is 17.2 Å². The molecule has 2 amide bonds. The average molecular weight is 402 g/mol. The summed E-state index contributed by atoms with van der Waals surface area (Å²) in [6.07, 6.45) is 2.62. The molecule has 0 aliphatic heterocycles. The topological polar surface area (TPSA) is 132 Å². The highest BCUT2D eigenvalue weighted by molar-refractivity contribution is 6.00. The third-order valence-electron chi connectivity index (χ3n) is 4.16. The minimum absolute atomic E-state index is 0.0820. The summed E-state index contributed by atoms with van der Waals surface area (Å²) in [5.41, 5.74) is 0.490. The second-order valence-electron chi connectivity index (χ2n) is 6.00. The molecule has 0 fully saturated rings. The zero-order chi connectivity index (χ0) is 21.0. The number of nitrogens with zero attached hydrogens (tertiary/aromatic N) is 3. The van der Waals surface area contributed by atoms with Crippen LogP contribution in [0, 0.1) is 0 Å². The van der Waals surface area contributed by atoms with Gasteiger partial charge in [0.2, 0.25) is 5.75 Å². The van der Waals surface area contributed by atoms with E-state index in [1.54, 1.807) is 12.1 Å². The van der Waals surface area contributed by atoms with Gasteiger partial charge in [-0.25, -0.2) is 14.8 Å². The Balaban J connectivity index is 1.91. The van der Waals surface area contributed by atoms with Crippen molar-refractivity contribution < 1.29 is 19.0 Å². The number of amides is 2. The zero-order valence-corrected chi connectivity index (χ0v) is 16.5. The van der Waals surface area contributed by atoms with Crippen LogP contribution >= 0.6 is 0 Å². The quantitative estimate of drug-likeness (QED) is 0.551. The number of urea groups is 1. The minimum Gasteiger partial charge on any atom is -0.493 e. The van der Waals surface area contributed by atoms with Crippen molar-refractivity contribution in [1.82, 2.24) is 19.6 Å². The molecule has 0 atom stereocenters. The number of aromatic nitrogens is 4. The van der Waals surface area contributed by atoms with Crippen molar-refractivity contribution in [2.24, 2.45) is 0 Å². The van der Waals surface area contributed by atoms with Crippen LogP contribution < -0.4 is 30.4 Å². The Labute approximate surface area is 166 Å². The first kappa shape index (κ1) is 20.0. The number of rotatable bonds is 7. The van der Waals surface area contributed by atoms with Crippen LogP contribution in [0.15, 0.2) is 23.3 Å². The molecule has 0 bridgehead atoms. The molecule has 0 unspecified atom stereocenters. The Kier molecular flexibility index (Phi) is 5.86. The van der Waals surface area contributed by atoms with Gasteiger partial charge in [0.1, 0.15) is 12.0 Å². The number of hydrogen-bond donors (Lipinski definition) is 3. The monoisotopic (exact) mass is 402 g/mol. The maximum atomic E-state index is 12.7. The van der Waals surface area contributed by atoms with Gasteiger partial charge in [-0.2, -0.15) is 4.52 Å². The normalized spacial score (nSPS) is 10.6. The maximum absolute atomic E-state index is 12.7. The van der Waals surface area contributed by atoms with Gasteiger partial charge in [-0.3, -0.25) is 9.89 Å². The van der Waals surface area contributed by atoms with E-state index in [1.807, 2.05) is 6.92 Å². The van der Waals surface area contributed by atoms with E-state index in [0.29, 0.717) is 35.1 Å². The Morgan fingerprint density at radius 2 is 1.83 bits per heavy atom. The third-order valence-corrected chi connectivity index (χ3v) is 4.16. The first-order chi connectivity index (χ1) is 14.0. The highest BCUT2D eigenvalue weighted by Gasteiger charge is 2.18. The number of methoxy groups -OCH3 is 3. The van der Waals surface area contributed by atoms with Crippen molar-refractivity contribution in [2.75, 3.05) is 32.0 Å². The molecule has 3 N–H and O–H groups in total. The van der Waals surface area contributed by atoms with Crippen LogP contribution in [0.1, 0.15) is 19.0 Å². The summed E-state index contributed by atoms with van der Waals surface area (Å²) in [5.74, 6) is 1.41. The molecule has 3 rings (SSSR count). The summed E-state index contributed by atoms with van der Waals surface area (Å²) >= 11 is 0. The lowest BCUT2D eigenvalue weighted by molar-refractivity contribution is 0.262. The van der Waals surface area contributed by atoms with Crippen LogP contribution in [0.25, 0.3) is 5.78 Å². The van der Waals surface area contributed by atoms with E-state index in [9.17, 15) is 9.59 Å². The Bertz CT molecular complexity index is 1070. The van der Waals surface area contributed by atoms with E-state index in [1.165, 1.54) is 27.7 Å². The smallest absolute Gasteiger partial charge is 0.323 e. The number of H-pyrrole nitrogens is 1. The number of fused-ring (bicyclic) bond motifs is 1. The van der Waals surface area contributed by atoms with E-state index >= 15 is 0 Å². The average Bonchev–Trinajstić information content (AvgIpc) is 3.19. The van der Waals surface area contributed by atoms with E-state index in [-0.39, 0.29) is 11.5 Å². The van der Waals surface area contributed by atoms with Gasteiger partial charge in [0, 0.05) is 12.1 Å². The van der Waals surface area contributed by atoms with Crippen LogP contribution in [-0.2, 0) is 6.42 Å². The lowest BCUT2D eigenvalue weighted by atomic mass is 10.2. The molecule has 29 heavy (non-hydrogen) atoms. The molecule has 1 aromatic carbocycles. The number of anilines is 2. The molecular weight excluding hydrogens is 380 g/mol. The molecule has 2 heterocycles. The van der Waals surface area contributed by atoms with Gasteiger partial charge >= 0.3 is 6.03 Å². The van der Waals surface area contributed by atoms with Gasteiger partial charge in [0.25, 0.3) is 11.3 Å². The fourth-order valence-corrected chi connectivity index (χ4v) is 2.87. The number of nitrogens with one attached hydrogen (secondary N) is 3. The van der Waals surface area contributed by atoms with E-state index in [4.69, 9.17) is 14.2 Å². The number of carbonyl (C=O) groups is 1. The molecule has 3 aromatic rings. The Hall–Kier alpha value is -3.76. The molecule has 0 saturated carbocycles. The van der Waals surface area contributed by atoms with Gasteiger partial charge in [0.15, 0.2) is 11.5 Å². The highest BCUT2D eigenvalue weighted by Crippen LogP contribution is 2.39. The summed E-state index contributed by atoms with van der Waals surface area (Å²) in [6, 6.07) is 2.55. The van der Waals surface area contributed by atoms with Crippen molar-refractivity contribution in [3.8, 4) is 17.2 Å². The number of aromatic amines is 1. The molecular formula is C18H22N6O5. The van der Waals surface area contributed by atoms with Gasteiger partial charge < -0.3 is 24.8 Å². The highest BCUT2D eigenvalue weighted by atomic mass is 16.5. The minimum atomic E-state index is -0.616. The second-order valence-corrected chi connectivity index (χ2v) is 6.00. The first-order valence-corrected chi connectivity index (χ1v) is 8.85. The summed E-state index contributed by atoms with van der Waals surface area (Å²) in [4.78, 5) is 33.6. The van der Waals surface area contributed by atoms with Crippen molar-refractivity contribution in [3.63, 3.8) is 0 Å². The standard InChI is InChI=1S/C18H22N6O5/c1-5-6-11-14(16(25)24-17(22-11)19-9-20-24)23-18(26)21-10-7-12(27-2)15(29-4)13(8-10)28-3/h7-9H,5-6H2,1-4H3,(H,19,20,22)(H2,21,23,26). The van der Waals surface area contributed by atoms with Crippen LogP contribution in [-0.4, -0.2) is 46.9 Å². The van der Waals surface area contributed by atoms with Crippen molar-refractivity contribution >= 4 is 23.2 Å². The zero-order valence-electron chi connectivity index (χ0n) is 16.5. The number of benzene rings is 1. The van der Waals surface area contributed by atoms with E-state index < -0.39 is 11.6 Å². The fourth-order valence-electron chi connectivity index (χ4n) is 2.87. The Morgan fingerprint density at radius 1 is 1.14 bits per heavy atom. The molecule has 11 heteroatoms. The van der Waals surface area contributed by atoms with Gasteiger partial charge in [-0.1, -0.05) is 13.3 Å². The van der Waals surface area contributed by atoms with Crippen LogP contribution in [0.4, 0.5) is 16.2 Å². The van der Waals surface area contributed by atoms with Gasteiger partial charge in [-0.05, 0) is 6.42 Å². The summed E-state index contributed by atoms with van der Waals surface area (Å²) in [6.45, 7) is 1.95. The fraction of sp³-hybridized carbons (Fsp3) is 0.333. The lowest BCUT2D eigenvalue weighted by Gasteiger charge is -2.15. The number of carbonyl (C=O) groups excluding carboxylic acids is 1. The number of hydrogen-bond acceptors (Lipinski definition) is 7. The first-order valence-electron chi connectivity index (χ1n) is 8.85. The summed E-state index contributed by atoms with van der Waals surface area (Å²) in [7, 11) is 4.44. The van der Waals surface area contributed by atoms with Crippen molar-refractivity contribution in [1.29, 1.82) is 0 Å². The van der Waals surface area contributed by atoms with Gasteiger partial charge in [-0.15, -0.1) is 0 Å². The molecule has 0 aliphatic carbocycles. The van der Waals surface area contributed by atoms with Crippen molar-refractivity contribution in [2.45, 2.75) is 19.8 Å². The second kappa shape index (κ2) is 8.50. The predicted octanol–water partition coefficient (Wildman–Crippen LogP) is 2.04. The molecule has 0 saturated heterocycles. The van der Waals surface area contributed by atoms with E-state index in [2.05, 4.69) is 25.7 Å².